The Balaban J connectivity index is 2.32. The second-order valence-corrected chi connectivity index (χ2v) is 8.26. The number of halogens is 3. The van der Waals surface area contributed by atoms with Gasteiger partial charge in [0.2, 0.25) is 11.1 Å². The first-order valence-corrected chi connectivity index (χ1v) is 10.6. The molecule has 2 aromatic carbocycles. The fourth-order valence-electron chi connectivity index (χ4n) is 2.87. The van der Waals surface area contributed by atoms with E-state index in [2.05, 4.69) is 9.84 Å². The Labute approximate surface area is 173 Å². The first-order chi connectivity index (χ1) is 14.4. The second-order valence-electron chi connectivity index (χ2n) is 6.27. The predicted octanol–water partition coefficient (Wildman–Crippen LogP) is 2.86. The highest BCUT2D eigenvalue weighted by atomic mass is 32.2. The van der Waals surface area contributed by atoms with E-state index < -0.39 is 39.0 Å². The molecule has 0 spiro atoms. The number of hydrogen-bond acceptors (Lipinski definition) is 7. The van der Waals surface area contributed by atoms with Crippen LogP contribution in [0.5, 0.6) is 5.75 Å². The van der Waals surface area contributed by atoms with Gasteiger partial charge in [0.1, 0.15) is 5.75 Å². The van der Waals surface area contributed by atoms with Crippen LogP contribution in [0, 0.1) is 0 Å². The Hall–Kier alpha value is -3.41. The summed E-state index contributed by atoms with van der Waals surface area (Å²) in [6.07, 6.45) is -3.98. The van der Waals surface area contributed by atoms with Gasteiger partial charge in [0.05, 0.1) is 28.1 Å². The van der Waals surface area contributed by atoms with E-state index in [1.165, 1.54) is 37.3 Å². The van der Waals surface area contributed by atoms with Crippen LogP contribution in [-0.2, 0) is 14.6 Å². The van der Waals surface area contributed by atoms with Crippen LogP contribution in [0.4, 0.5) is 13.2 Å². The maximum atomic E-state index is 12.9. The zero-order valence-electron chi connectivity index (χ0n) is 16.1. The number of hydrogen-bond donors (Lipinski definition) is 0. The molecule has 0 radical (unpaired) electrons. The highest BCUT2D eigenvalue weighted by Crippen LogP contribution is 2.26. The summed E-state index contributed by atoms with van der Waals surface area (Å²) in [4.78, 5) is 24.9. The van der Waals surface area contributed by atoms with Gasteiger partial charge in [0.15, 0.2) is 9.84 Å². The molecule has 0 amide bonds. The van der Waals surface area contributed by atoms with Gasteiger partial charge in [-0.25, -0.2) is 17.9 Å². The van der Waals surface area contributed by atoms with Crippen LogP contribution >= 0.6 is 0 Å². The van der Waals surface area contributed by atoms with Gasteiger partial charge in [-0.1, -0.05) is 6.07 Å². The predicted molar refractivity (Wildman–Crippen MR) is 103 cm³/mol. The van der Waals surface area contributed by atoms with E-state index in [0.29, 0.717) is 0 Å². The van der Waals surface area contributed by atoms with Crippen molar-refractivity contribution in [2.45, 2.75) is 18.2 Å². The van der Waals surface area contributed by atoms with E-state index in [0.717, 1.165) is 23.1 Å². The smallest absolute Gasteiger partial charge is 0.461 e. The molecule has 0 saturated carbocycles. The topological polar surface area (TPSA) is 105 Å². The van der Waals surface area contributed by atoms with E-state index in [-0.39, 0.29) is 28.1 Å². The highest BCUT2D eigenvalue weighted by Gasteiger charge is 2.31. The lowest BCUT2D eigenvalue weighted by atomic mass is 10.2. The summed E-state index contributed by atoms with van der Waals surface area (Å²) < 4.78 is 71.4. The first-order valence-electron chi connectivity index (χ1n) is 8.72. The lowest BCUT2D eigenvalue weighted by Gasteiger charge is -2.14. The molecule has 0 bridgehead atoms. The number of ether oxygens (including phenoxy) is 2. The van der Waals surface area contributed by atoms with Gasteiger partial charge in [0.25, 0.3) is 0 Å². The zero-order valence-corrected chi connectivity index (χ0v) is 17.0. The van der Waals surface area contributed by atoms with Crippen molar-refractivity contribution in [2.75, 3.05) is 12.9 Å². The largest absolute Gasteiger partial charge is 0.573 e. The first kappa shape index (κ1) is 22.3. The third-order valence-electron chi connectivity index (χ3n) is 4.06. The van der Waals surface area contributed by atoms with Crippen molar-refractivity contribution >= 4 is 26.7 Å². The zero-order chi connectivity index (χ0) is 23.0. The SMILES string of the molecule is CCOC(=O)c1nn(-c2ccc(OC(F)(F)F)cc2)c2cccc(S(C)(=O)=O)c2c1=O. The van der Waals surface area contributed by atoms with Crippen molar-refractivity contribution in [1.29, 1.82) is 0 Å². The number of benzene rings is 2. The van der Waals surface area contributed by atoms with Crippen LogP contribution in [0.3, 0.4) is 0 Å². The number of rotatable bonds is 5. The Morgan fingerprint density at radius 2 is 1.77 bits per heavy atom. The van der Waals surface area contributed by atoms with E-state index in [9.17, 15) is 31.2 Å². The van der Waals surface area contributed by atoms with E-state index in [1.807, 2.05) is 0 Å². The standard InChI is InChI=1S/C19H15F3N2O6S/c1-3-29-18(26)16-17(25)15-13(5-4-6-14(15)31(2,27)28)24(23-16)11-7-9-12(10-8-11)30-19(20,21)22/h4-10H,3H2,1-2H3. The van der Waals surface area contributed by atoms with E-state index >= 15 is 0 Å². The average Bonchev–Trinajstić information content (AvgIpc) is 2.67. The molecule has 1 aromatic heterocycles. The molecule has 8 nitrogen and oxygen atoms in total. The molecule has 0 aliphatic heterocycles. The molecule has 0 aliphatic carbocycles. The molecule has 31 heavy (non-hydrogen) atoms. The highest BCUT2D eigenvalue weighted by molar-refractivity contribution is 7.91. The molecule has 12 heteroatoms. The Morgan fingerprint density at radius 3 is 2.32 bits per heavy atom. The minimum Gasteiger partial charge on any atom is -0.461 e. The average molecular weight is 456 g/mol. The molecule has 1 heterocycles. The van der Waals surface area contributed by atoms with E-state index in [1.54, 1.807) is 0 Å². The monoisotopic (exact) mass is 456 g/mol. The maximum absolute atomic E-state index is 12.9. The summed E-state index contributed by atoms with van der Waals surface area (Å²) in [5.74, 6) is -1.56. The molecule has 164 valence electrons. The van der Waals surface area contributed by atoms with Crippen molar-refractivity contribution in [1.82, 2.24) is 9.78 Å². The van der Waals surface area contributed by atoms with Gasteiger partial charge in [-0.2, -0.15) is 5.10 Å². The molecule has 0 saturated heterocycles. The van der Waals surface area contributed by atoms with Crippen LogP contribution in [0.1, 0.15) is 17.4 Å². The van der Waals surface area contributed by atoms with Crippen LogP contribution in [0.2, 0.25) is 0 Å². The summed E-state index contributed by atoms with van der Waals surface area (Å²) in [7, 11) is -3.87. The molecular weight excluding hydrogens is 441 g/mol. The number of carbonyl (C=O) groups is 1. The molecule has 3 aromatic rings. The Morgan fingerprint density at radius 1 is 1.13 bits per heavy atom. The van der Waals surface area contributed by atoms with Crippen molar-refractivity contribution in [2.24, 2.45) is 0 Å². The Kier molecular flexibility index (Phi) is 5.77. The van der Waals surface area contributed by atoms with Crippen molar-refractivity contribution < 1.29 is 35.9 Å². The van der Waals surface area contributed by atoms with Crippen molar-refractivity contribution in [3.63, 3.8) is 0 Å². The van der Waals surface area contributed by atoms with Gasteiger partial charge < -0.3 is 9.47 Å². The number of carbonyl (C=O) groups excluding carboxylic acids is 1. The van der Waals surface area contributed by atoms with Crippen molar-refractivity contribution in [3.8, 4) is 11.4 Å². The third kappa shape index (κ3) is 4.68. The summed E-state index contributed by atoms with van der Waals surface area (Å²) >= 11 is 0. The van der Waals surface area contributed by atoms with Gasteiger partial charge >= 0.3 is 12.3 Å². The van der Waals surface area contributed by atoms with Crippen LogP contribution in [-0.4, -0.2) is 43.4 Å². The molecule has 3 rings (SSSR count). The number of esters is 1. The van der Waals surface area contributed by atoms with Gasteiger partial charge in [-0.05, 0) is 43.3 Å². The van der Waals surface area contributed by atoms with Crippen LogP contribution in [0.15, 0.2) is 52.2 Å². The molecular formula is C19H15F3N2O6S. The van der Waals surface area contributed by atoms with Gasteiger partial charge in [-0.3, -0.25) is 4.79 Å². The number of aromatic nitrogens is 2. The minimum absolute atomic E-state index is 0.0328. The summed E-state index contributed by atoms with van der Waals surface area (Å²) in [5, 5.41) is 3.70. The summed E-state index contributed by atoms with van der Waals surface area (Å²) in [6.45, 7) is 1.45. The maximum Gasteiger partial charge on any atom is 0.573 e. The Bertz CT molecular complexity index is 1320. The summed E-state index contributed by atoms with van der Waals surface area (Å²) in [6, 6.07) is 8.42. The number of alkyl halides is 3. The lowest BCUT2D eigenvalue weighted by molar-refractivity contribution is -0.274. The minimum atomic E-state index is -4.88. The van der Waals surface area contributed by atoms with Crippen LogP contribution < -0.4 is 10.2 Å². The fourth-order valence-corrected chi connectivity index (χ4v) is 3.76. The van der Waals surface area contributed by atoms with Gasteiger partial charge in [-0.15, -0.1) is 13.2 Å². The molecule has 0 atom stereocenters. The lowest BCUT2D eigenvalue weighted by Crippen LogP contribution is -2.25. The van der Waals surface area contributed by atoms with Crippen molar-refractivity contribution in [3.05, 3.63) is 58.4 Å². The third-order valence-corrected chi connectivity index (χ3v) is 5.20. The van der Waals surface area contributed by atoms with Crippen LogP contribution in [0.25, 0.3) is 16.6 Å². The van der Waals surface area contributed by atoms with Gasteiger partial charge in [0, 0.05) is 6.26 Å². The quantitative estimate of drug-likeness (QED) is 0.544. The number of fused-ring (bicyclic) bond motifs is 1. The molecule has 0 N–H and O–H groups in total. The number of sulfone groups is 1. The molecule has 0 aliphatic rings. The molecule has 0 unspecified atom stereocenters. The van der Waals surface area contributed by atoms with E-state index in [4.69, 9.17) is 4.74 Å². The fraction of sp³-hybridized carbons (Fsp3) is 0.211. The normalized spacial score (nSPS) is 12.0. The summed E-state index contributed by atoms with van der Waals surface area (Å²) in [5.41, 5.74) is -1.43. The molecule has 0 fully saturated rings. The second kappa shape index (κ2) is 8.02. The number of nitrogens with zero attached hydrogens (tertiary/aromatic N) is 2.